The molecule has 2 aromatic rings. The minimum Gasteiger partial charge on any atom is -0.454 e. The minimum absolute atomic E-state index is 0.0968. The summed E-state index contributed by atoms with van der Waals surface area (Å²) in [5.41, 5.74) is 0.169. The van der Waals surface area contributed by atoms with Crippen LogP contribution in [-0.2, 0) is 10.0 Å². The first-order chi connectivity index (χ1) is 12.5. The highest BCUT2D eigenvalue weighted by Gasteiger charge is 2.28. The van der Waals surface area contributed by atoms with E-state index in [9.17, 15) is 13.2 Å². The van der Waals surface area contributed by atoms with E-state index in [0.29, 0.717) is 30.3 Å². The number of esters is 1. The zero-order valence-corrected chi connectivity index (χ0v) is 14.7. The Balaban J connectivity index is 1.55. The summed E-state index contributed by atoms with van der Waals surface area (Å²) >= 11 is 0. The molecule has 0 radical (unpaired) electrons. The third-order valence-electron chi connectivity index (χ3n) is 4.33. The first kappa shape index (κ1) is 16.9. The molecule has 0 N–H and O–H groups in total. The van der Waals surface area contributed by atoms with Gasteiger partial charge in [-0.25, -0.2) is 13.2 Å². The van der Waals surface area contributed by atoms with Gasteiger partial charge in [-0.05, 0) is 43.2 Å². The summed E-state index contributed by atoms with van der Waals surface area (Å²) in [6, 6.07) is 10.7. The van der Waals surface area contributed by atoms with Crippen molar-refractivity contribution in [3.8, 4) is 17.2 Å². The normalized spacial score (nSPS) is 16.6. The van der Waals surface area contributed by atoms with Crippen LogP contribution < -0.4 is 14.2 Å². The first-order valence-electron chi connectivity index (χ1n) is 8.26. The summed E-state index contributed by atoms with van der Waals surface area (Å²) in [6.45, 7) is 1.14. The Morgan fingerprint density at radius 3 is 2.58 bits per heavy atom. The lowest BCUT2D eigenvalue weighted by atomic mass is 10.2. The Morgan fingerprint density at radius 1 is 1.00 bits per heavy atom. The fourth-order valence-corrected chi connectivity index (χ4v) is 4.53. The summed E-state index contributed by atoms with van der Waals surface area (Å²) in [7, 11) is -3.59. The standard InChI is InChI=1S/C18H17NO6S/c20-18(25-14-6-7-16-17(11-14)24-12-23-16)13-4-3-5-15(10-13)26(21,22)19-8-1-2-9-19/h3-7,10-11H,1-2,8-9,12H2. The van der Waals surface area contributed by atoms with E-state index in [-0.39, 0.29) is 17.3 Å². The van der Waals surface area contributed by atoms with Crippen molar-refractivity contribution < 1.29 is 27.4 Å². The molecule has 2 heterocycles. The topological polar surface area (TPSA) is 82.1 Å². The third-order valence-corrected chi connectivity index (χ3v) is 6.22. The molecule has 136 valence electrons. The largest absolute Gasteiger partial charge is 0.454 e. The number of benzene rings is 2. The second-order valence-corrected chi connectivity index (χ2v) is 7.98. The van der Waals surface area contributed by atoms with Crippen LogP contribution in [0.1, 0.15) is 23.2 Å². The second-order valence-electron chi connectivity index (χ2n) is 6.04. The average Bonchev–Trinajstić information content (AvgIpc) is 3.33. The van der Waals surface area contributed by atoms with E-state index in [1.165, 1.54) is 22.5 Å². The Labute approximate surface area is 151 Å². The molecule has 0 spiro atoms. The van der Waals surface area contributed by atoms with Crippen LogP contribution >= 0.6 is 0 Å². The maximum atomic E-state index is 12.6. The van der Waals surface area contributed by atoms with E-state index in [1.54, 1.807) is 24.3 Å². The van der Waals surface area contributed by atoms with Crippen LogP contribution in [0.4, 0.5) is 0 Å². The minimum atomic E-state index is -3.59. The van der Waals surface area contributed by atoms with Gasteiger partial charge in [0.25, 0.3) is 0 Å². The fourth-order valence-electron chi connectivity index (χ4n) is 2.97. The van der Waals surface area contributed by atoms with Gasteiger partial charge in [0, 0.05) is 19.2 Å². The smallest absolute Gasteiger partial charge is 0.343 e. The van der Waals surface area contributed by atoms with Crippen LogP contribution in [0.5, 0.6) is 17.2 Å². The molecule has 0 unspecified atom stereocenters. The van der Waals surface area contributed by atoms with Crippen molar-refractivity contribution in [2.45, 2.75) is 17.7 Å². The summed E-state index contributed by atoms with van der Waals surface area (Å²) < 4.78 is 42.5. The molecule has 7 nitrogen and oxygen atoms in total. The molecule has 8 heteroatoms. The summed E-state index contributed by atoms with van der Waals surface area (Å²) in [5.74, 6) is 0.749. The molecule has 0 bridgehead atoms. The van der Waals surface area contributed by atoms with Crippen molar-refractivity contribution in [3.63, 3.8) is 0 Å². The van der Waals surface area contributed by atoms with Gasteiger partial charge >= 0.3 is 5.97 Å². The molecular formula is C18H17NO6S. The number of hydrogen-bond acceptors (Lipinski definition) is 6. The van der Waals surface area contributed by atoms with Gasteiger partial charge in [-0.15, -0.1) is 0 Å². The van der Waals surface area contributed by atoms with E-state index >= 15 is 0 Å². The van der Waals surface area contributed by atoms with E-state index < -0.39 is 16.0 Å². The van der Waals surface area contributed by atoms with Crippen LogP contribution in [0, 0.1) is 0 Å². The van der Waals surface area contributed by atoms with Crippen molar-refractivity contribution in [1.29, 1.82) is 0 Å². The monoisotopic (exact) mass is 375 g/mol. The molecular weight excluding hydrogens is 358 g/mol. The molecule has 1 fully saturated rings. The van der Waals surface area contributed by atoms with Gasteiger partial charge in [0.2, 0.25) is 16.8 Å². The van der Waals surface area contributed by atoms with Gasteiger partial charge in [-0.3, -0.25) is 0 Å². The fraction of sp³-hybridized carbons (Fsp3) is 0.278. The molecule has 4 rings (SSSR count). The number of hydrogen-bond donors (Lipinski definition) is 0. The Kier molecular flexibility index (Phi) is 4.29. The maximum absolute atomic E-state index is 12.6. The molecule has 2 aliphatic heterocycles. The molecule has 0 aromatic heterocycles. The number of fused-ring (bicyclic) bond motifs is 1. The zero-order chi connectivity index (χ0) is 18.1. The number of rotatable bonds is 4. The quantitative estimate of drug-likeness (QED) is 0.603. The van der Waals surface area contributed by atoms with E-state index in [4.69, 9.17) is 14.2 Å². The molecule has 0 aliphatic carbocycles. The summed E-state index contributed by atoms with van der Waals surface area (Å²) in [5, 5.41) is 0. The molecule has 0 saturated carbocycles. The lowest BCUT2D eigenvalue weighted by molar-refractivity contribution is 0.0734. The predicted octanol–water partition coefficient (Wildman–Crippen LogP) is 2.42. The van der Waals surface area contributed by atoms with Gasteiger partial charge < -0.3 is 14.2 Å². The molecule has 2 aromatic carbocycles. The Bertz CT molecular complexity index is 950. The zero-order valence-electron chi connectivity index (χ0n) is 13.9. The highest BCUT2D eigenvalue weighted by molar-refractivity contribution is 7.89. The van der Waals surface area contributed by atoms with E-state index in [2.05, 4.69) is 0 Å². The highest BCUT2D eigenvalue weighted by Crippen LogP contribution is 2.35. The number of carbonyl (C=O) groups excluding carboxylic acids is 1. The SMILES string of the molecule is O=C(Oc1ccc2c(c1)OCO2)c1cccc(S(=O)(=O)N2CCCC2)c1. The highest BCUT2D eigenvalue weighted by atomic mass is 32.2. The van der Waals surface area contributed by atoms with Crippen LogP contribution in [0.3, 0.4) is 0 Å². The molecule has 0 atom stereocenters. The summed E-state index contributed by atoms with van der Waals surface area (Å²) in [6.07, 6.45) is 1.70. The lowest BCUT2D eigenvalue weighted by Gasteiger charge is -2.15. The van der Waals surface area contributed by atoms with Crippen molar-refractivity contribution in [1.82, 2.24) is 4.31 Å². The van der Waals surface area contributed by atoms with Gasteiger partial charge in [-0.2, -0.15) is 4.31 Å². The summed E-state index contributed by atoms with van der Waals surface area (Å²) in [4.78, 5) is 12.5. The van der Waals surface area contributed by atoms with Crippen LogP contribution in [-0.4, -0.2) is 38.6 Å². The van der Waals surface area contributed by atoms with Gasteiger partial charge in [-0.1, -0.05) is 6.07 Å². The average molecular weight is 375 g/mol. The van der Waals surface area contributed by atoms with E-state index in [0.717, 1.165) is 12.8 Å². The van der Waals surface area contributed by atoms with Crippen molar-refractivity contribution in [2.24, 2.45) is 0 Å². The maximum Gasteiger partial charge on any atom is 0.343 e. The number of ether oxygens (including phenoxy) is 3. The number of sulfonamides is 1. The molecule has 26 heavy (non-hydrogen) atoms. The molecule has 2 aliphatic rings. The van der Waals surface area contributed by atoms with E-state index in [1.807, 2.05) is 0 Å². The van der Waals surface area contributed by atoms with Crippen LogP contribution in [0.25, 0.3) is 0 Å². The molecule has 0 amide bonds. The van der Waals surface area contributed by atoms with Crippen molar-refractivity contribution in [3.05, 3.63) is 48.0 Å². The Morgan fingerprint density at radius 2 is 1.77 bits per heavy atom. The third kappa shape index (κ3) is 3.13. The van der Waals surface area contributed by atoms with Gasteiger partial charge in [0.1, 0.15) is 5.75 Å². The van der Waals surface area contributed by atoms with Gasteiger partial charge in [0.05, 0.1) is 10.5 Å². The predicted molar refractivity (Wildman–Crippen MR) is 92.0 cm³/mol. The van der Waals surface area contributed by atoms with Gasteiger partial charge in [0.15, 0.2) is 11.5 Å². The first-order valence-corrected chi connectivity index (χ1v) is 9.70. The second kappa shape index (κ2) is 6.62. The van der Waals surface area contributed by atoms with Crippen molar-refractivity contribution in [2.75, 3.05) is 19.9 Å². The molecule has 1 saturated heterocycles. The lowest BCUT2D eigenvalue weighted by Crippen LogP contribution is -2.28. The number of carbonyl (C=O) groups is 1. The van der Waals surface area contributed by atoms with Crippen LogP contribution in [0.15, 0.2) is 47.4 Å². The Hall–Kier alpha value is -2.58. The van der Waals surface area contributed by atoms with Crippen molar-refractivity contribution >= 4 is 16.0 Å². The van der Waals surface area contributed by atoms with Crippen LogP contribution in [0.2, 0.25) is 0 Å². The number of nitrogens with zero attached hydrogens (tertiary/aromatic N) is 1.